The van der Waals surface area contributed by atoms with Crippen LogP contribution in [0.1, 0.15) is 6.92 Å². The molecule has 2 amide bonds. The molecule has 3 rings (SSSR count). The van der Waals surface area contributed by atoms with Crippen LogP contribution in [0.3, 0.4) is 0 Å². The fraction of sp³-hybridized carbons (Fsp3) is 0.190. The zero-order chi connectivity index (χ0) is 18.2. The normalized spacial score (nSPS) is 10.3. The first-order chi connectivity index (χ1) is 12.8. The quantitative estimate of drug-likeness (QED) is 0.619. The molecule has 134 valence electrons. The summed E-state index contributed by atoms with van der Waals surface area (Å²) in [5.74, 6) is 1.60. The lowest BCUT2D eigenvalue weighted by Crippen LogP contribution is -2.32. The SMILES string of the molecule is CCOc1ccc(NC(=O)NCCOc2cccc3ccccc23)cc1. The predicted octanol–water partition coefficient (Wildman–Crippen LogP) is 4.44. The van der Waals surface area contributed by atoms with Crippen molar-refractivity contribution < 1.29 is 14.3 Å². The molecule has 0 heterocycles. The summed E-state index contributed by atoms with van der Waals surface area (Å²) in [6, 6.07) is 21.0. The first kappa shape index (κ1) is 17.6. The monoisotopic (exact) mass is 350 g/mol. The van der Waals surface area contributed by atoms with Crippen LogP contribution in [0, 0.1) is 0 Å². The van der Waals surface area contributed by atoms with Gasteiger partial charge in [-0.2, -0.15) is 0 Å². The van der Waals surface area contributed by atoms with E-state index in [2.05, 4.69) is 10.6 Å². The fourth-order valence-corrected chi connectivity index (χ4v) is 2.62. The van der Waals surface area contributed by atoms with Gasteiger partial charge < -0.3 is 20.1 Å². The maximum atomic E-state index is 11.9. The fourth-order valence-electron chi connectivity index (χ4n) is 2.62. The molecule has 0 unspecified atom stereocenters. The third-order valence-corrected chi connectivity index (χ3v) is 3.82. The van der Waals surface area contributed by atoms with Crippen molar-refractivity contribution in [3.8, 4) is 11.5 Å². The summed E-state index contributed by atoms with van der Waals surface area (Å²) in [6.07, 6.45) is 0. The smallest absolute Gasteiger partial charge is 0.319 e. The van der Waals surface area contributed by atoms with E-state index in [1.165, 1.54) is 0 Å². The lowest BCUT2D eigenvalue weighted by Gasteiger charge is -2.11. The molecule has 0 aliphatic rings. The number of rotatable bonds is 7. The molecule has 0 spiro atoms. The lowest BCUT2D eigenvalue weighted by molar-refractivity contribution is 0.247. The van der Waals surface area contributed by atoms with Gasteiger partial charge >= 0.3 is 6.03 Å². The Labute approximate surface area is 152 Å². The Hall–Kier alpha value is -3.21. The number of amides is 2. The molecule has 0 aliphatic carbocycles. The minimum atomic E-state index is -0.268. The van der Waals surface area contributed by atoms with Gasteiger partial charge in [0.1, 0.15) is 18.1 Å². The van der Waals surface area contributed by atoms with Gasteiger partial charge in [-0.15, -0.1) is 0 Å². The van der Waals surface area contributed by atoms with Gasteiger partial charge in [0.25, 0.3) is 0 Å². The number of ether oxygens (including phenoxy) is 2. The first-order valence-electron chi connectivity index (χ1n) is 8.64. The number of fused-ring (bicyclic) bond motifs is 1. The highest BCUT2D eigenvalue weighted by molar-refractivity contribution is 5.89. The lowest BCUT2D eigenvalue weighted by atomic mass is 10.1. The van der Waals surface area contributed by atoms with Gasteiger partial charge in [0.05, 0.1) is 13.2 Å². The molecular weight excluding hydrogens is 328 g/mol. The molecule has 5 heteroatoms. The molecule has 0 saturated heterocycles. The molecule has 0 aliphatic heterocycles. The average molecular weight is 350 g/mol. The second kappa shape index (κ2) is 8.76. The number of carbonyl (C=O) groups excluding carboxylic acids is 1. The second-order valence-corrected chi connectivity index (χ2v) is 5.66. The van der Waals surface area contributed by atoms with Crippen molar-refractivity contribution in [3.05, 3.63) is 66.7 Å². The third kappa shape index (κ3) is 4.66. The van der Waals surface area contributed by atoms with Gasteiger partial charge in [-0.1, -0.05) is 36.4 Å². The molecule has 0 radical (unpaired) electrons. The van der Waals surface area contributed by atoms with Crippen LogP contribution in [0.2, 0.25) is 0 Å². The van der Waals surface area contributed by atoms with Crippen molar-refractivity contribution in [1.29, 1.82) is 0 Å². The van der Waals surface area contributed by atoms with Crippen molar-refractivity contribution >= 4 is 22.5 Å². The van der Waals surface area contributed by atoms with E-state index in [1.807, 2.05) is 61.5 Å². The third-order valence-electron chi connectivity index (χ3n) is 3.82. The summed E-state index contributed by atoms with van der Waals surface area (Å²) in [7, 11) is 0. The number of carbonyl (C=O) groups is 1. The summed E-state index contributed by atoms with van der Waals surface area (Å²) < 4.78 is 11.2. The summed E-state index contributed by atoms with van der Waals surface area (Å²) in [5.41, 5.74) is 0.709. The number of benzene rings is 3. The molecule has 0 atom stereocenters. The molecule has 3 aromatic rings. The van der Waals surface area contributed by atoms with Gasteiger partial charge in [0.15, 0.2) is 0 Å². The molecular formula is C21H22N2O3. The van der Waals surface area contributed by atoms with Crippen LogP contribution in [0.25, 0.3) is 10.8 Å². The molecule has 26 heavy (non-hydrogen) atoms. The van der Waals surface area contributed by atoms with Crippen LogP contribution in [0.4, 0.5) is 10.5 Å². The minimum absolute atomic E-state index is 0.268. The van der Waals surface area contributed by atoms with Crippen LogP contribution in [-0.2, 0) is 0 Å². The van der Waals surface area contributed by atoms with E-state index >= 15 is 0 Å². The predicted molar refractivity (Wildman–Crippen MR) is 104 cm³/mol. The standard InChI is InChI=1S/C21H22N2O3/c1-2-25-18-12-10-17(11-13-18)23-21(24)22-14-15-26-20-9-5-7-16-6-3-4-8-19(16)20/h3-13H,2,14-15H2,1H3,(H2,22,23,24). The van der Waals surface area contributed by atoms with E-state index in [1.54, 1.807) is 12.1 Å². The van der Waals surface area contributed by atoms with Crippen molar-refractivity contribution in [2.75, 3.05) is 25.1 Å². The first-order valence-corrected chi connectivity index (χ1v) is 8.64. The largest absolute Gasteiger partial charge is 0.494 e. The topological polar surface area (TPSA) is 59.6 Å². The van der Waals surface area contributed by atoms with Crippen LogP contribution in [0.15, 0.2) is 66.7 Å². The van der Waals surface area contributed by atoms with Crippen LogP contribution in [0.5, 0.6) is 11.5 Å². The maximum absolute atomic E-state index is 11.9. The minimum Gasteiger partial charge on any atom is -0.494 e. The van der Waals surface area contributed by atoms with E-state index in [-0.39, 0.29) is 6.03 Å². The van der Waals surface area contributed by atoms with E-state index < -0.39 is 0 Å². The Morgan fingerprint density at radius 1 is 0.923 bits per heavy atom. The van der Waals surface area contributed by atoms with Crippen molar-refractivity contribution in [2.24, 2.45) is 0 Å². The van der Waals surface area contributed by atoms with Gasteiger partial charge in [-0.05, 0) is 42.6 Å². The molecule has 0 bridgehead atoms. The number of anilines is 1. The van der Waals surface area contributed by atoms with E-state index in [4.69, 9.17) is 9.47 Å². The van der Waals surface area contributed by atoms with Crippen molar-refractivity contribution in [1.82, 2.24) is 5.32 Å². The van der Waals surface area contributed by atoms with Gasteiger partial charge in [-0.3, -0.25) is 0 Å². The Morgan fingerprint density at radius 3 is 2.50 bits per heavy atom. The summed E-state index contributed by atoms with van der Waals surface area (Å²) in [4.78, 5) is 11.9. The van der Waals surface area contributed by atoms with Crippen molar-refractivity contribution in [2.45, 2.75) is 6.92 Å². The highest BCUT2D eigenvalue weighted by atomic mass is 16.5. The maximum Gasteiger partial charge on any atom is 0.319 e. The summed E-state index contributed by atoms with van der Waals surface area (Å²) in [5, 5.41) is 7.76. The Balaban J connectivity index is 1.45. The Bertz CT molecular complexity index is 857. The summed E-state index contributed by atoms with van der Waals surface area (Å²) in [6.45, 7) is 3.35. The Kier molecular flexibility index (Phi) is 5.93. The van der Waals surface area contributed by atoms with E-state index in [9.17, 15) is 4.79 Å². The highest BCUT2D eigenvalue weighted by Crippen LogP contribution is 2.24. The number of hydrogen-bond donors (Lipinski definition) is 2. The van der Waals surface area contributed by atoms with Crippen LogP contribution < -0.4 is 20.1 Å². The van der Waals surface area contributed by atoms with Gasteiger partial charge in [-0.25, -0.2) is 4.79 Å². The molecule has 0 aromatic heterocycles. The molecule has 2 N–H and O–H groups in total. The Morgan fingerprint density at radius 2 is 1.69 bits per heavy atom. The average Bonchev–Trinajstić information content (AvgIpc) is 2.67. The molecule has 3 aromatic carbocycles. The molecule has 5 nitrogen and oxygen atoms in total. The second-order valence-electron chi connectivity index (χ2n) is 5.66. The zero-order valence-corrected chi connectivity index (χ0v) is 14.7. The number of urea groups is 1. The van der Waals surface area contributed by atoms with Crippen molar-refractivity contribution in [3.63, 3.8) is 0 Å². The van der Waals surface area contributed by atoms with Gasteiger partial charge in [0, 0.05) is 11.1 Å². The molecule has 0 saturated carbocycles. The van der Waals surface area contributed by atoms with E-state index in [0.29, 0.717) is 25.4 Å². The number of hydrogen-bond acceptors (Lipinski definition) is 3. The molecule has 0 fully saturated rings. The highest BCUT2D eigenvalue weighted by Gasteiger charge is 2.03. The summed E-state index contributed by atoms with van der Waals surface area (Å²) >= 11 is 0. The van der Waals surface area contributed by atoms with Gasteiger partial charge in [0.2, 0.25) is 0 Å². The van der Waals surface area contributed by atoms with Crippen LogP contribution >= 0.6 is 0 Å². The zero-order valence-electron chi connectivity index (χ0n) is 14.7. The number of nitrogens with one attached hydrogen (secondary N) is 2. The van der Waals surface area contributed by atoms with E-state index in [0.717, 1.165) is 22.3 Å². The van der Waals surface area contributed by atoms with Crippen LogP contribution in [-0.4, -0.2) is 25.8 Å².